The van der Waals surface area contributed by atoms with Gasteiger partial charge in [-0.05, 0) is 35.3 Å². The van der Waals surface area contributed by atoms with Crippen LogP contribution in [0, 0.1) is 0 Å². The second kappa shape index (κ2) is 4.46. The van der Waals surface area contributed by atoms with E-state index in [0.29, 0.717) is 11.7 Å². The first kappa shape index (κ1) is 10.3. The van der Waals surface area contributed by atoms with Crippen LogP contribution in [0.15, 0.2) is 16.9 Å². The zero-order valence-electron chi connectivity index (χ0n) is 7.84. The topological polar surface area (TPSA) is 50.9 Å². The van der Waals surface area contributed by atoms with Gasteiger partial charge in [0.05, 0.1) is 17.6 Å². The van der Waals surface area contributed by atoms with Crippen molar-refractivity contribution >= 4 is 27.3 Å². The molecule has 0 saturated carbocycles. The predicted molar refractivity (Wildman–Crippen MR) is 59.7 cm³/mol. The molecular weight excluding hydrogens is 230 g/mol. The van der Waals surface area contributed by atoms with Gasteiger partial charge in [-0.1, -0.05) is 6.92 Å². The van der Waals surface area contributed by atoms with Gasteiger partial charge in [0.2, 0.25) is 0 Å². The third-order valence-corrected chi connectivity index (χ3v) is 2.35. The molecule has 3 nitrogen and oxygen atoms in total. The lowest BCUT2D eigenvalue weighted by atomic mass is 10.2. The molecule has 0 spiro atoms. The fraction of sp³-hybridized carbons (Fsp3) is 0.444. The SMILES string of the molecule is CC[C@H](C)Nc1cc(Br)ncc1N. The Balaban J connectivity index is 2.81. The minimum absolute atomic E-state index is 0.427. The number of rotatable bonds is 3. The third kappa shape index (κ3) is 2.88. The number of pyridine rings is 1. The van der Waals surface area contributed by atoms with Gasteiger partial charge in [0.1, 0.15) is 4.60 Å². The van der Waals surface area contributed by atoms with Crippen molar-refractivity contribution in [2.45, 2.75) is 26.3 Å². The van der Waals surface area contributed by atoms with Crippen LogP contribution in [-0.4, -0.2) is 11.0 Å². The zero-order valence-corrected chi connectivity index (χ0v) is 9.43. The molecule has 0 unspecified atom stereocenters. The molecule has 0 aliphatic carbocycles. The highest BCUT2D eigenvalue weighted by molar-refractivity contribution is 9.10. The lowest BCUT2D eigenvalue weighted by molar-refractivity contribution is 0.764. The quantitative estimate of drug-likeness (QED) is 0.803. The van der Waals surface area contributed by atoms with E-state index in [1.54, 1.807) is 6.20 Å². The Morgan fingerprint density at radius 3 is 3.00 bits per heavy atom. The van der Waals surface area contributed by atoms with Crippen LogP contribution in [0.3, 0.4) is 0 Å². The van der Waals surface area contributed by atoms with E-state index in [9.17, 15) is 0 Å². The van der Waals surface area contributed by atoms with Crippen molar-refractivity contribution in [3.05, 3.63) is 16.9 Å². The second-order valence-corrected chi connectivity index (χ2v) is 3.86. The number of nitrogens with two attached hydrogens (primary N) is 1. The summed E-state index contributed by atoms with van der Waals surface area (Å²) < 4.78 is 0.799. The van der Waals surface area contributed by atoms with Gasteiger partial charge >= 0.3 is 0 Å². The summed E-state index contributed by atoms with van der Waals surface area (Å²) in [6.45, 7) is 4.25. The smallest absolute Gasteiger partial charge is 0.108 e. The molecule has 1 heterocycles. The van der Waals surface area contributed by atoms with Crippen LogP contribution in [0.25, 0.3) is 0 Å². The van der Waals surface area contributed by atoms with Gasteiger partial charge < -0.3 is 11.1 Å². The average molecular weight is 244 g/mol. The maximum atomic E-state index is 5.75. The molecule has 0 aliphatic rings. The number of nitrogens with zero attached hydrogens (tertiary/aromatic N) is 1. The minimum Gasteiger partial charge on any atom is -0.396 e. The van der Waals surface area contributed by atoms with Crippen molar-refractivity contribution in [1.82, 2.24) is 4.98 Å². The molecule has 1 atom stereocenters. The molecule has 0 saturated heterocycles. The van der Waals surface area contributed by atoms with Gasteiger partial charge in [0.15, 0.2) is 0 Å². The van der Waals surface area contributed by atoms with Crippen molar-refractivity contribution < 1.29 is 0 Å². The third-order valence-electron chi connectivity index (χ3n) is 1.92. The molecule has 0 aliphatic heterocycles. The first-order chi connectivity index (χ1) is 6.13. The molecule has 13 heavy (non-hydrogen) atoms. The van der Waals surface area contributed by atoms with E-state index >= 15 is 0 Å². The average Bonchev–Trinajstić information content (AvgIpc) is 2.11. The standard InChI is InChI=1S/C9H14BrN3/c1-3-6(2)13-8-4-9(10)12-5-7(8)11/h4-6H,3,11H2,1-2H3,(H,12,13)/t6-/m0/s1. The van der Waals surface area contributed by atoms with Crippen LogP contribution >= 0.6 is 15.9 Å². The van der Waals surface area contributed by atoms with Gasteiger partial charge in [0, 0.05) is 6.04 Å². The number of aromatic nitrogens is 1. The fourth-order valence-corrected chi connectivity index (χ4v) is 1.26. The lowest BCUT2D eigenvalue weighted by Crippen LogP contribution is -2.14. The molecule has 1 aromatic rings. The number of nitrogen functional groups attached to an aromatic ring is 1. The summed E-state index contributed by atoms with van der Waals surface area (Å²) in [5.74, 6) is 0. The Morgan fingerprint density at radius 1 is 1.69 bits per heavy atom. The van der Waals surface area contributed by atoms with Crippen molar-refractivity contribution in [3.8, 4) is 0 Å². The highest BCUT2D eigenvalue weighted by Gasteiger charge is 2.03. The predicted octanol–water partition coefficient (Wildman–Crippen LogP) is 2.64. The highest BCUT2D eigenvalue weighted by Crippen LogP contribution is 2.21. The molecule has 4 heteroatoms. The molecule has 0 aromatic carbocycles. The van der Waals surface area contributed by atoms with Crippen LogP contribution in [0.4, 0.5) is 11.4 Å². The number of hydrogen-bond acceptors (Lipinski definition) is 3. The monoisotopic (exact) mass is 243 g/mol. The molecule has 0 amide bonds. The Kier molecular flexibility index (Phi) is 3.54. The molecule has 3 N–H and O–H groups in total. The molecular formula is C9H14BrN3. The molecule has 0 bridgehead atoms. The lowest BCUT2D eigenvalue weighted by Gasteiger charge is -2.14. The van der Waals surface area contributed by atoms with Gasteiger partial charge in [0.25, 0.3) is 0 Å². The maximum absolute atomic E-state index is 5.75. The van der Waals surface area contributed by atoms with E-state index in [1.807, 2.05) is 6.07 Å². The normalized spacial score (nSPS) is 12.5. The van der Waals surface area contributed by atoms with Crippen LogP contribution in [0.5, 0.6) is 0 Å². The first-order valence-electron chi connectivity index (χ1n) is 4.31. The van der Waals surface area contributed by atoms with E-state index in [0.717, 1.165) is 16.7 Å². The number of anilines is 2. The highest BCUT2D eigenvalue weighted by atomic mass is 79.9. The minimum atomic E-state index is 0.427. The van der Waals surface area contributed by atoms with Crippen LogP contribution in [0.1, 0.15) is 20.3 Å². The van der Waals surface area contributed by atoms with Crippen molar-refractivity contribution in [2.75, 3.05) is 11.1 Å². The Bertz CT molecular complexity index is 288. The molecule has 1 rings (SSSR count). The first-order valence-corrected chi connectivity index (χ1v) is 5.10. The van der Waals surface area contributed by atoms with Crippen LogP contribution in [0.2, 0.25) is 0 Å². The zero-order chi connectivity index (χ0) is 9.84. The van der Waals surface area contributed by atoms with Gasteiger partial charge in [-0.15, -0.1) is 0 Å². The summed E-state index contributed by atoms with van der Waals surface area (Å²) in [5.41, 5.74) is 7.37. The van der Waals surface area contributed by atoms with E-state index in [2.05, 4.69) is 40.1 Å². The number of hydrogen-bond donors (Lipinski definition) is 2. The Labute approximate surface area is 86.9 Å². The number of halogens is 1. The maximum Gasteiger partial charge on any atom is 0.108 e. The van der Waals surface area contributed by atoms with E-state index in [-0.39, 0.29) is 0 Å². The van der Waals surface area contributed by atoms with Gasteiger partial charge in [-0.3, -0.25) is 0 Å². The Hall–Kier alpha value is -0.770. The van der Waals surface area contributed by atoms with E-state index < -0.39 is 0 Å². The molecule has 72 valence electrons. The molecule has 0 radical (unpaired) electrons. The fourth-order valence-electron chi connectivity index (χ4n) is 0.933. The summed E-state index contributed by atoms with van der Waals surface area (Å²) in [5, 5.41) is 3.31. The van der Waals surface area contributed by atoms with Crippen LogP contribution < -0.4 is 11.1 Å². The van der Waals surface area contributed by atoms with Crippen molar-refractivity contribution in [3.63, 3.8) is 0 Å². The van der Waals surface area contributed by atoms with Crippen LogP contribution in [-0.2, 0) is 0 Å². The van der Waals surface area contributed by atoms with Gasteiger partial charge in [-0.2, -0.15) is 0 Å². The second-order valence-electron chi connectivity index (χ2n) is 3.05. The largest absolute Gasteiger partial charge is 0.396 e. The Morgan fingerprint density at radius 2 is 2.38 bits per heavy atom. The van der Waals surface area contributed by atoms with E-state index in [1.165, 1.54) is 0 Å². The van der Waals surface area contributed by atoms with Crippen molar-refractivity contribution in [2.24, 2.45) is 0 Å². The summed E-state index contributed by atoms with van der Waals surface area (Å²) in [7, 11) is 0. The summed E-state index contributed by atoms with van der Waals surface area (Å²) in [6.07, 6.45) is 2.72. The van der Waals surface area contributed by atoms with E-state index in [4.69, 9.17) is 5.73 Å². The summed E-state index contributed by atoms with van der Waals surface area (Å²) >= 11 is 3.30. The van der Waals surface area contributed by atoms with Crippen molar-refractivity contribution in [1.29, 1.82) is 0 Å². The molecule has 1 aromatic heterocycles. The summed E-state index contributed by atoms with van der Waals surface area (Å²) in [4.78, 5) is 4.02. The van der Waals surface area contributed by atoms with Gasteiger partial charge in [-0.25, -0.2) is 4.98 Å². The molecule has 0 fully saturated rings. The summed E-state index contributed by atoms with van der Waals surface area (Å²) in [6, 6.07) is 2.32. The number of nitrogens with one attached hydrogen (secondary N) is 1.